The van der Waals surface area contributed by atoms with Crippen LogP contribution in [0.3, 0.4) is 0 Å². The molecule has 0 saturated heterocycles. The molecular weight excluding hydrogens is 280 g/mol. The molecule has 0 fully saturated rings. The fourth-order valence-corrected chi connectivity index (χ4v) is 3.16. The summed E-state index contributed by atoms with van der Waals surface area (Å²) in [6, 6.07) is 10.8. The molecule has 0 aliphatic heterocycles. The first kappa shape index (κ1) is 18.0. The third kappa shape index (κ3) is 6.32. The van der Waals surface area contributed by atoms with Crippen molar-refractivity contribution >= 4 is 0 Å². The lowest BCUT2D eigenvalue weighted by Crippen LogP contribution is -2.33. The average molecular weight is 313 g/mol. The van der Waals surface area contributed by atoms with Crippen LogP contribution in [0, 0.1) is 5.92 Å². The Balaban J connectivity index is 1.95. The molecule has 1 aliphatic rings. The van der Waals surface area contributed by atoms with E-state index in [4.69, 9.17) is 0 Å². The molecule has 23 heavy (non-hydrogen) atoms. The first-order chi connectivity index (χ1) is 11.0. The van der Waals surface area contributed by atoms with E-state index < -0.39 is 0 Å². The molecule has 0 N–H and O–H groups in total. The van der Waals surface area contributed by atoms with Gasteiger partial charge in [-0.05, 0) is 51.8 Å². The number of likely N-dealkylation sites (N-methyl/N-ethyl adjacent to an activating group) is 1. The SMILES string of the molecule is C=C(C)[C@@H]1CC=C(CN(CCN(C)C)Cc2ccccc2)CC1. The Bertz CT molecular complexity index is 516. The van der Waals surface area contributed by atoms with Crippen molar-refractivity contribution in [2.45, 2.75) is 32.7 Å². The summed E-state index contributed by atoms with van der Waals surface area (Å²) in [5, 5.41) is 0. The summed E-state index contributed by atoms with van der Waals surface area (Å²) in [6.07, 6.45) is 6.15. The van der Waals surface area contributed by atoms with Crippen molar-refractivity contribution in [2.24, 2.45) is 5.92 Å². The van der Waals surface area contributed by atoms with Gasteiger partial charge in [-0.2, -0.15) is 0 Å². The predicted molar refractivity (Wildman–Crippen MR) is 101 cm³/mol. The van der Waals surface area contributed by atoms with E-state index in [0.29, 0.717) is 5.92 Å². The van der Waals surface area contributed by atoms with Crippen molar-refractivity contribution in [3.63, 3.8) is 0 Å². The summed E-state index contributed by atoms with van der Waals surface area (Å²) in [5.41, 5.74) is 4.36. The van der Waals surface area contributed by atoms with Crippen LogP contribution in [0.4, 0.5) is 0 Å². The molecule has 0 radical (unpaired) electrons. The Morgan fingerprint density at radius 3 is 2.43 bits per heavy atom. The number of rotatable bonds is 8. The Labute approximate surface area is 142 Å². The second-order valence-corrected chi connectivity index (χ2v) is 7.18. The summed E-state index contributed by atoms with van der Waals surface area (Å²) in [5.74, 6) is 0.697. The fourth-order valence-electron chi connectivity index (χ4n) is 3.16. The van der Waals surface area contributed by atoms with Gasteiger partial charge in [0.25, 0.3) is 0 Å². The molecule has 1 aromatic rings. The van der Waals surface area contributed by atoms with Gasteiger partial charge in [-0.3, -0.25) is 4.90 Å². The van der Waals surface area contributed by atoms with Crippen molar-refractivity contribution in [1.82, 2.24) is 9.80 Å². The molecule has 1 aliphatic carbocycles. The molecule has 0 saturated carbocycles. The minimum Gasteiger partial charge on any atom is -0.308 e. The van der Waals surface area contributed by atoms with Crippen LogP contribution < -0.4 is 0 Å². The van der Waals surface area contributed by atoms with E-state index in [2.05, 4.69) is 73.8 Å². The van der Waals surface area contributed by atoms with Gasteiger partial charge in [0.05, 0.1) is 0 Å². The van der Waals surface area contributed by atoms with E-state index >= 15 is 0 Å². The molecule has 0 unspecified atom stereocenters. The van der Waals surface area contributed by atoms with Crippen molar-refractivity contribution < 1.29 is 0 Å². The van der Waals surface area contributed by atoms with Gasteiger partial charge in [0.2, 0.25) is 0 Å². The van der Waals surface area contributed by atoms with Gasteiger partial charge < -0.3 is 4.90 Å². The van der Waals surface area contributed by atoms with E-state index in [-0.39, 0.29) is 0 Å². The van der Waals surface area contributed by atoms with Gasteiger partial charge >= 0.3 is 0 Å². The van der Waals surface area contributed by atoms with Gasteiger partial charge in [-0.25, -0.2) is 0 Å². The van der Waals surface area contributed by atoms with E-state index in [1.165, 1.54) is 30.4 Å². The second-order valence-electron chi connectivity index (χ2n) is 7.18. The molecule has 2 heteroatoms. The topological polar surface area (TPSA) is 6.48 Å². The summed E-state index contributed by atoms with van der Waals surface area (Å²) in [7, 11) is 4.30. The van der Waals surface area contributed by atoms with Gasteiger partial charge in [0.1, 0.15) is 0 Å². The van der Waals surface area contributed by atoms with E-state index in [1.807, 2.05) is 0 Å². The Kier molecular flexibility index (Phi) is 7.07. The zero-order valence-corrected chi connectivity index (χ0v) is 15.1. The van der Waals surface area contributed by atoms with E-state index in [9.17, 15) is 0 Å². The van der Waals surface area contributed by atoms with Gasteiger partial charge in [-0.1, -0.05) is 54.1 Å². The maximum Gasteiger partial charge on any atom is 0.0237 e. The standard InChI is InChI=1S/C21H32N2/c1-18(2)21-12-10-20(11-13-21)17-23(15-14-22(3)4)16-19-8-6-5-7-9-19/h5-10,21H,1,11-17H2,2-4H3/t21-/m1/s1. The minimum absolute atomic E-state index is 0.697. The minimum atomic E-state index is 0.697. The number of benzene rings is 1. The summed E-state index contributed by atoms with van der Waals surface area (Å²) in [4.78, 5) is 4.85. The highest BCUT2D eigenvalue weighted by molar-refractivity contribution is 5.16. The van der Waals surface area contributed by atoms with Crippen LogP contribution in [0.25, 0.3) is 0 Å². The zero-order valence-electron chi connectivity index (χ0n) is 15.1. The van der Waals surface area contributed by atoms with Crippen LogP contribution in [0.1, 0.15) is 31.7 Å². The van der Waals surface area contributed by atoms with E-state index in [1.54, 1.807) is 5.57 Å². The maximum atomic E-state index is 4.12. The third-order valence-corrected chi connectivity index (χ3v) is 4.74. The maximum absolute atomic E-state index is 4.12. The summed E-state index contributed by atoms with van der Waals surface area (Å²) in [6.45, 7) is 10.7. The number of hydrogen-bond donors (Lipinski definition) is 0. The second kappa shape index (κ2) is 9.05. The molecule has 0 heterocycles. The van der Waals surface area contributed by atoms with Crippen molar-refractivity contribution in [3.8, 4) is 0 Å². The lowest BCUT2D eigenvalue weighted by atomic mass is 9.85. The Hall–Kier alpha value is -1.38. The molecule has 0 amide bonds. The molecule has 2 nitrogen and oxygen atoms in total. The first-order valence-corrected chi connectivity index (χ1v) is 8.79. The van der Waals surface area contributed by atoms with Crippen LogP contribution in [0.2, 0.25) is 0 Å². The van der Waals surface area contributed by atoms with Crippen LogP contribution in [0.5, 0.6) is 0 Å². The van der Waals surface area contributed by atoms with Gasteiger partial charge in [-0.15, -0.1) is 0 Å². The van der Waals surface area contributed by atoms with Crippen LogP contribution in [-0.2, 0) is 6.54 Å². The third-order valence-electron chi connectivity index (χ3n) is 4.74. The van der Waals surface area contributed by atoms with Crippen molar-refractivity contribution in [3.05, 3.63) is 59.7 Å². The fraction of sp³-hybridized carbons (Fsp3) is 0.524. The Morgan fingerprint density at radius 2 is 1.87 bits per heavy atom. The Morgan fingerprint density at radius 1 is 1.13 bits per heavy atom. The molecule has 1 aromatic carbocycles. The van der Waals surface area contributed by atoms with Gasteiger partial charge in [0, 0.05) is 26.2 Å². The highest BCUT2D eigenvalue weighted by Crippen LogP contribution is 2.28. The molecule has 2 rings (SSSR count). The molecule has 1 atom stereocenters. The lowest BCUT2D eigenvalue weighted by molar-refractivity contribution is 0.246. The van der Waals surface area contributed by atoms with Crippen molar-refractivity contribution in [2.75, 3.05) is 33.7 Å². The molecule has 0 bridgehead atoms. The van der Waals surface area contributed by atoms with Gasteiger partial charge in [0.15, 0.2) is 0 Å². The van der Waals surface area contributed by atoms with E-state index in [0.717, 1.165) is 26.2 Å². The highest BCUT2D eigenvalue weighted by atomic mass is 15.2. The molecule has 0 aromatic heterocycles. The molecule has 126 valence electrons. The summed E-state index contributed by atoms with van der Waals surface area (Å²) >= 11 is 0. The van der Waals surface area contributed by atoms with Crippen LogP contribution >= 0.6 is 0 Å². The highest BCUT2D eigenvalue weighted by Gasteiger charge is 2.17. The smallest absolute Gasteiger partial charge is 0.0237 e. The number of allylic oxidation sites excluding steroid dienone is 2. The summed E-state index contributed by atoms with van der Waals surface area (Å²) < 4.78 is 0. The van der Waals surface area contributed by atoms with Crippen LogP contribution in [0.15, 0.2) is 54.1 Å². The normalized spacial score (nSPS) is 18.3. The first-order valence-electron chi connectivity index (χ1n) is 8.79. The molecular formula is C21H32N2. The lowest BCUT2D eigenvalue weighted by Gasteiger charge is -2.28. The predicted octanol–water partition coefficient (Wildman–Crippen LogP) is 4.35. The van der Waals surface area contributed by atoms with Crippen molar-refractivity contribution in [1.29, 1.82) is 0 Å². The zero-order chi connectivity index (χ0) is 16.7. The quantitative estimate of drug-likeness (QED) is 0.658. The monoisotopic (exact) mass is 312 g/mol. The number of nitrogens with zero attached hydrogens (tertiary/aromatic N) is 2. The number of hydrogen-bond acceptors (Lipinski definition) is 2. The largest absolute Gasteiger partial charge is 0.308 e. The van der Waals surface area contributed by atoms with Crippen LogP contribution in [-0.4, -0.2) is 43.5 Å². The molecule has 0 spiro atoms. The average Bonchev–Trinajstić information content (AvgIpc) is 2.54.